The predicted molar refractivity (Wildman–Crippen MR) is 90.7 cm³/mol. The highest BCUT2D eigenvalue weighted by molar-refractivity contribution is 6.30. The number of rotatable bonds is 4. The van der Waals surface area contributed by atoms with Crippen molar-refractivity contribution in [3.05, 3.63) is 46.8 Å². The van der Waals surface area contributed by atoms with E-state index in [0.29, 0.717) is 12.0 Å². The zero-order valence-corrected chi connectivity index (χ0v) is 14.8. The summed E-state index contributed by atoms with van der Waals surface area (Å²) in [5.74, 6) is -0.864. The smallest absolute Gasteiger partial charge is 0.429 e. The van der Waals surface area contributed by atoms with Crippen LogP contribution in [0.4, 0.5) is 14.0 Å². The molecule has 25 heavy (non-hydrogen) atoms. The first-order valence-electron chi connectivity index (χ1n) is 7.98. The van der Waals surface area contributed by atoms with Crippen molar-refractivity contribution in [3.63, 3.8) is 0 Å². The Bertz CT molecular complexity index is 668. The lowest BCUT2D eigenvalue weighted by Gasteiger charge is -2.32. The van der Waals surface area contributed by atoms with Crippen molar-refractivity contribution in [1.29, 1.82) is 0 Å². The number of carbonyl (C=O) groups excluding carboxylic acids is 2. The lowest BCUT2D eigenvalue weighted by molar-refractivity contribution is 0.0541. The van der Waals surface area contributed by atoms with Crippen LogP contribution in [0.1, 0.15) is 31.7 Å². The van der Waals surface area contributed by atoms with Crippen LogP contribution in [0.15, 0.2) is 30.4 Å². The summed E-state index contributed by atoms with van der Waals surface area (Å²) in [6.45, 7) is 3.64. The summed E-state index contributed by atoms with van der Waals surface area (Å²) in [5, 5.41) is 1.12. The number of hydrazine groups is 1. The number of ether oxygens (including phenoxy) is 2. The minimum Gasteiger partial charge on any atom is -0.449 e. The van der Waals surface area contributed by atoms with Crippen LogP contribution in [-0.4, -0.2) is 36.5 Å². The van der Waals surface area contributed by atoms with E-state index in [0.717, 1.165) is 5.01 Å². The van der Waals surface area contributed by atoms with E-state index in [4.69, 9.17) is 21.1 Å². The standard InChI is InChI=1S/C17H20ClFN2O4/c1-3-24-16(22)20-21(17(23)25-4-2)15-7-5-6-12(15)11-8-9-13(18)14(19)10-11/h5-6,8-10,12,15H,3-4,7H2,1-2H3,(H,20,22)/t12-,15+/m1/s1. The molecule has 2 amide bonds. The summed E-state index contributed by atoms with van der Waals surface area (Å²) < 4.78 is 23.7. The van der Waals surface area contributed by atoms with Gasteiger partial charge in [0.2, 0.25) is 0 Å². The maximum Gasteiger partial charge on any atom is 0.429 e. The minimum atomic E-state index is -0.761. The Morgan fingerprint density at radius 1 is 1.32 bits per heavy atom. The van der Waals surface area contributed by atoms with E-state index in [-0.39, 0.29) is 24.2 Å². The predicted octanol–water partition coefficient (Wildman–Crippen LogP) is 4.01. The van der Waals surface area contributed by atoms with Crippen LogP contribution in [0.3, 0.4) is 0 Å². The summed E-state index contributed by atoms with van der Waals surface area (Å²) >= 11 is 5.73. The van der Waals surface area contributed by atoms with Gasteiger partial charge in [0.1, 0.15) is 5.82 Å². The molecule has 0 bridgehead atoms. The number of carbonyl (C=O) groups is 2. The van der Waals surface area contributed by atoms with Gasteiger partial charge in [-0.3, -0.25) is 0 Å². The van der Waals surface area contributed by atoms with Crippen LogP contribution in [0.25, 0.3) is 0 Å². The molecule has 2 atom stereocenters. The largest absolute Gasteiger partial charge is 0.449 e. The van der Waals surface area contributed by atoms with Gasteiger partial charge in [0.25, 0.3) is 0 Å². The van der Waals surface area contributed by atoms with E-state index in [1.54, 1.807) is 19.9 Å². The van der Waals surface area contributed by atoms with Gasteiger partial charge in [-0.25, -0.2) is 24.4 Å². The van der Waals surface area contributed by atoms with Crippen LogP contribution < -0.4 is 5.43 Å². The third kappa shape index (κ3) is 4.63. The highest BCUT2D eigenvalue weighted by Gasteiger charge is 2.35. The van der Waals surface area contributed by atoms with Crippen molar-refractivity contribution in [2.75, 3.05) is 13.2 Å². The highest BCUT2D eigenvalue weighted by Crippen LogP contribution is 2.33. The van der Waals surface area contributed by atoms with Gasteiger partial charge >= 0.3 is 12.2 Å². The lowest BCUT2D eigenvalue weighted by Crippen LogP contribution is -2.53. The van der Waals surface area contributed by atoms with Crippen molar-refractivity contribution in [2.24, 2.45) is 0 Å². The SMILES string of the molecule is CCOC(=O)NN(C(=O)OCC)[C@H]1CC=C[C@@H]1c1ccc(Cl)c(F)c1. The molecule has 8 heteroatoms. The normalized spacial score (nSPS) is 18.7. The number of halogens is 2. The average Bonchev–Trinajstić information content (AvgIpc) is 3.05. The van der Waals surface area contributed by atoms with Gasteiger partial charge in [0.15, 0.2) is 0 Å². The molecule has 0 fully saturated rings. The van der Waals surface area contributed by atoms with Gasteiger partial charge in [-0.2, -0.15) is 0 Å². The number of nitrogens with zero attached hydrogens (tertiary/aromatic N) is 1. The average molecular weight is 371 g/mol. The summed E-state index contributed by atoms with van der Waals surface area (Å²) in [7, 11) is 0. The maximum atomic E-state index is 13.8. The molecule has 0 saturated carbocycles. The topological polar surface area (TPSA) is 67.9 Å². The molecule has 1 aromatic carbocycles. The van der Waals surface area contributed by atoms with Crippen LogP contribution in [-0.2, 0) is 9.47 Å². The Morgan fingerprint density at radius 3 is 2.68 bits per heavy atom. The number of nitrogens with one attached hydrogen (secondary N) is 1. The zero-order valence-electron chi connectivity index (χ0n) is 14.0. The first-order chi connectivity index (χ1) is 12.0. The molecule has 0 saturated heterocycles. The molecule has 1 aliphatic carbocycles. The quantitative estimate of drug-likeness (QED) is 0.642. The first-order valence-corrected chi connectivity index (χ1v) is 8.36. The Balaban J connectivity index is 2.26. The second-order valence-corrected chi connectivity index (χ2v) is 5.74. The first kappa shape index (κ1) is 19.1. The van der Waals surface area contributed by atoms with Gasteiger partial charge in [0.05, 0.1) is 24.3 Å². The van der Waals surface area contributed by atoms with E-state index in [1.165, 1.54) is 12.1 Å². The molecule has 1 aromatic rings. The molecule has 0 unspecified atom stereocenters. The van der Waals surface area contributed by atoms with Gasteiger partial charge in [0, 0.05) is 5.92 Å². The van der Waals surface area contributed by atoms with Gasteiger partial charge in [-0.15, -0.1) is 0 Å². The fraction of sp³-hybridized carbons (Fsp3) is 0.412. The maximum absolute atomic E-state index is 13.8. The second-order valence-electron chi connectivity index (χ2n) is 5.33. The molecular weight excluding hydrogens is 351 g/mol. The third-order valence-corrected chi connectivity index (χ3v) is 4.05. The summed E-state index contributed by atoms with van der Waals surface area (Å²) in [6, 6.07) is 4.00. The number of benzene rings is 1. The Morgan fingerprint density at radius 2 is 2.04 bits per heavy atom. The van der Waals surface area contributed by atoms with Crippen LogP contribution in [0.5, 0.6) is 0 Å². The molecule has 6 nitrogen and oxygen atoms in total. The molecule has 0 spiro atoms. The second kappa shape index (κ2) is 8.71. The van der Waals surface area contributed by atoms with Gasteiger partial charge < -0.3 is 9.47 Å². The Hall–Kier alpha value is -2.28. The van der Waals surface area contributed by atoms with Crippen molar-refractivity contribution in [2.45, 2.75) is 32.2 Å². The fourth-order valence-corrected chi connectivity index (χ4v) is 2.79. The molecule has 0 aromatic heterocycles. The van der Waals surface area contributed by atoms with E-state index in [1.807, 2.05) is 12.2 Å². The van der Waals surface area contributed by atoms with E-state index < -0.39 is 24.0 Å². The lowest BCUT2D eigenvalue weighted by atomic mass is 9.94. The van der Waals surface area contributed by atoms with Crippen molar-refractivity contribution < 1.29 is 23.5 Å². The molecule has 2 rings (SSSR count). The molecule has 1 aliphatic rings. The third-order valence-electron chi connectivity index (χ3n) is 3.75. The zero-order chi connectivity index (χ0) is 18.4. The van der Waals surface area contributed by atoms with Gasteiger partial charge in [-0.1, -0.05) is 29.8 Å². The molecule has 1 N–H and O–H groups in total. The molecule has 0 aliphatic heterocycles. The summed E-state index contributed by atoms with van der Waals surface area (Å²) in [6.07, 6.45) is 2.72. The molecule has 0 radical (unpaired) electrons. The van der Waals surface area contributed by atoms with E-state index in [9.17, 15) is 14.0 Å². The van der Waals surface area contributed by atoms with Crippen molar-refractivity contribution >= 4 is 23.8 Å². The van der Waals surface area contributed by atoms with Crippen LogP contribution >= 0.6 is 11.6 Å². The minimum absolute atomic E-state index is 0.0224. The molecule has 0 heterocycles. The number of amides is 2. The highest BCUT2D eigenvalue weighted by atomic mass is 35.5. The van der Waals surface area contributed by atoms with E-state index in [2.05, 4.69) is 5.43 Å². The van der Waals surface area contributed by atoms with Crippen LogP contribution in [0.2, 0.25) is 5.02 Å². The number of hydrogen-bond acceptors (Lipinski definition) is 4. The Labute approximate surface area is 150 Å². The fourth-order valence-electron chi connectivity index (χ4n) is 2.68. The van der Waals surface area contributed by atoms with Gasteiger partial charge in [-0.05, 0) is 38.0 Å². The number of hydrogen-bond donors (Lipinski definition) is 1. The molecule has 136 valence electrons. The van der Waals surface area contributed by atoms with Crippen LogP contribution in [0, 0.1) is 5.82 Å². The molecular formula is C17H20ClFN2O4. The van der Waals surface area contributed by atoms with Crippen molar-refractivity contribution in [1.82, 2.24) is 10.4 Å². The summed E-state index contributed by atoms with van der Waals surface area (Å²) in [4.78, 5) is 24.1. The monoisotopic (exact) mass is 370 g/mol. The van der Waals surface area contributed by atoms with E-state index >= 15 is 0 Å². The Kier molecular flexibility index (Phi) is 6.64. The van der Waals surface area contributed by atoms with Crippen molar-refractivity contribution in [3.8, 4) is 0 Å². The summed E-state index contributed by atoms with van der Waals surface area (Å²) in [5.41, 5.74) is 3.05.